The Kier molecular flexibility index (Phi) is 5.48. The van der Waals surface area contributed by atoms with Gasteiger partial charge in [0.2, 0.25) is 5.16 Å². The van der Waals surface area contributed by atoms with E-state index in [0.717, 1.165) is 15.1 Å². The normalized spacial score (nSPS) is 12.0. The third-order valence-electron chi connectivity index (χ3n) is 3.19. The van der Waals surface area contributed by atoms with E-state index >= 15 is 0 Å². The van der Waals surface area contributed by atoms with E-state index in [1.807, 2.05) is 66.9 Å². The maximum Gasteiger partial charge on any atom is 0.200 e. The van der Waals surface area contributed by atoms with E-state index in [-0.39, 0.29) is 11.0 Å². The Hall–Kier alpha value is -1.63. The molecule has 23 heavy (non-hydrogen) atoms. The van der Waals surface area contributed by atoms with Crippen molar-refractivity contribution in [1.82, 2.24) is 9.36 Å². The highest BCUT2D eigenvalue weighted by atomic mass is 32.2. The molecule has 3 aromatic rings. The van der Waals surface area contributed by atoms with E-state index in [0.29, 0.717) is 5.56 Å². The number of hydrogen-bond acceptors (Lipinski definition) is 6. The molecule has 0 aliphatic carbocycles. The Morgan fingerprint density at radius 1 is 1.04 bits per heavy atom. The van der Waals surface area contributed by atoms with Crippen molar-refractivity contribution in [3.05, 3.63) is 71.8 Å². The summed E-state index contributed by atoms with van der Waals surface area (Å²) in [6, 6.07) is 19.2. The van der Waals surface area contributed by atoms with Gasteiger partial charge in [0.15, 0.2) is 10.1 Å². The number of hydrogen-bond donors (Lipinski definition) is 0. The minimum absolute atomic E-state index is 0.0858. The van der Waals surface area contributed by atoms with Crippen molar-refractivity contribution in [2.45, 2.75) is 14.7 Å². The van der Waals surface area contributed by atoms with Crippen molar-refractivity contribution in [3.63, 3.8) is 0 Å². The van der Waals surface area contributed by atoms with Gasteiger partial charge < -0.3 is 0 Å². The molecule has 116 valence electrons. The number of nitrogens with zero attached hydrogens (tertiary/aromatic N) is 2. The van der Waals surface area contributed by atoms with Gasteiger partial charge in [-0.3, -0.25) is 4.79 Å². The predicted octanol–water partition coefficient (Wildman–Crippen LogP) is 4.98. The van der Waals surface area contributed by atoms with Crippen LogP contribution >= 0.6 is 35.1 Å². The Balaban J connectivity index is 1.92. The molecule has 0 spiro atoms. The van der Waals surface area contributed by atoms with Crippen LogP contribution in [0.1, 0.15) is 21.2 Å². The van der Waals surface area contributed by atoms with Crippen molar-refractivity contribution in [2.24, 2.45) is 0 Å². The first-order valence-electron chi connectivity index (χ1n) is 6.96. The predicted molar refractivity (Wildman–Crippen MR) is 97.5 cm³/mol. The SMILES string of the molecule is CSc1nsc(S[C@H](C(=O)c2ccccc2)c2ccccc2)n1. The average Bonchev–Trinajstić information content (AvgIpc) is 3.08. The molecule has 0 saturated heterocycles. The van der Waals surface area contributed by atoms with Crippen LogP contribution in [0.5, 0.6) is 0 Å². The monoisotopic (exact) mass is 358 g/mol. The lowest BCUT2D eigenvalue weighted by Gasteiger charge is -2.14. The van der Waals surface area contributed by atoms with Crippen LogP contribution in [0.25, 0.3) is 0 Å². The molecule has 0 saturated carbocycles. The summed E-state index contributed by atoms with van der Waals surface area (Å²) in [7, 11) is 0. The summed E-state index contributed by atoms with van der Waals surface area (Å²) in [5.74, 6) is 0.0858. The number of aromatic nitrogens is 2. The van der Waals surface area contributed by atoms with Crippen LogP contribution in [0.3, 0.4) is 0 Å². The van der Waals surface area contributed by atoms with Crippen molar-refractivity contribution >= 4 is 40.8 Å². The summed E-state index contributed by atoms with van der Waals surface area (Å²) in [6.07, 6.45) is 1.94. The van der Waals surface area contributed by atoms with Gasteiger partial charge in [-0.15, -0.1) is 0 Å². The maximum absolute atomic E-state index is 13.0. The second-order valence-corrected chi connectivity index (χ2v) is 7.56. The molecule has 3 rings (SSSR count). The number of benzene rings is 2. The third kappa shape index (κ3) is 4.02. The van der Waals surface area contributed by atoms with Gasteiger partial charge in [0.1, 0.15) is 0 Å². The van der Waals surface area contributed by atoms with Crippen molar-refractivity contribution in [2.75, 3.05) is 6.26 Å². The molecule has 0 unspecified atom stereocenters. The molecular formula is C17H14N2OS3. The van der Waals surface area contributed by atoms with Gasteiger partial charge in [-0.05, 0) is 23.4 Å². The topological polar surface area (TPSA) is 42.9 Å². The maximum atomic E-state index is 13.0. The minimum atomic E-state index is -0.318. The van der Waals surface area contributed by atoms with E-state index in [9.17, 15) is 4.79 Å². The quantitative estimate of drug-likeness (QED) is 0.459. The summed E-state index contributed by atoms with van der Waals surface area (Å²) >= 11 is 4.31. The van der Waals surface area contributed by atoms with Crippen LogP contribution < -0.4 is 0 Å². The van der Waals surface area contributed by atoms with Gasteiger partial charge in [0, 0.05) is 5.56 Å². The highest BCUT2D eigenvalue weighted by Gasteiger charge is 2.24. The number of thioether (sulfide) groups is 2. The number of carbonyl (C=O) groups excluding carboxylic acids is 1. The van der Waals surface area contributed by atoms with Crippen LogP contribution in [0.15, 0.2) is 70.2 Å². The van der Waals surface area contributed by atoms with E-state index in [2.05, 4.69) is 9.36 Å². The zero-order valence-electron chi connectivity index (χ0n) is 12.4. The molecule has 0 bridgehead atoms. The molecule has 0 N–H and O–H groups in total. The lowest BCUT2D eigenvalue weighted by atomic mass is 10.0. The molecule has 6 heteroatoms. The molecule has 1 aromatic heterocycles. The largest absolute Gasteiger partial charge is 0.293 e. The van der Waals surface area contributed by atoms with Crippen LogP contribution in [0.4, 0.5) is 0 Å². The smallest absolute Gasteiger partial charge is 0.200 e. The molecule has 3 nitrogen and oxygen atoms in total. The van der Waals surface area contributed by atoms with Gasteiger partial charge >= 0.3 is 0 Å². The van der Waals surface area contributed by atoms with Gasteiger partial charge in [0.05, 0.1) is 5.25 Å². The van der Waals surface area contributed by atoms with E-state index < -0.39 is 0 Å². The third-order valence-corrected chi connectivity index (χ3v) is 5.89. The van der Waals surface area contributed by atoms with E-state index in [1.165, 1.54) is 35.1 Å². The number of carbonyl (C=O) groups is 1. The average molecular weight is 359 g/mol. The van der Waals surface area contributed by atoms with Crippen LogP contribution in [0, 0.1) is 0 Å². The number of rotatable bonds is 6. The fourth-order valence-corrected chi connectivity index (χ4v) is 4.57. The summed E-state index contributed by atoms with van der Waals surface area (Å²) in [5.41, 5.74) is 1.69. The molecule has 1 atom stereocenters. The van der Waals surface area contributed by atoms with Crippen molar-refractivity contribution in [1.29, 1.82) is 0 Å². The molecule has 0 aliphatic heterocycles. The first-order valence-corrected chi connectivity index (χ1v) is 9.84. The molecular weight excluding hydrogens is 344 g/mol. The highest BCUT2D eigenvalue weighted by Crippen LogP contribution is 2.39. The molecule has 0 radical (unpaired) electrons. The number of ketones is 1. The summed E-state index contributed by atoms with van der Waals surface area (Å²) in [5, 5.41) is 0.428. The molecule has 1 heterocycles. The van der Waals surface area contributed by atoms with Crippen molar-refractivity contribution < 1.29 is 4.79 Å². The number of Topliss-reactive ketones (excluding diaryl/α,β-unsaturated/α-hetero) is 1. The minimum Gasteiger partial charge on any atom is -0.293 e. The second kappa shape index (κ2) is 7.77. The summed E-state index contributed by atoms with van der Waals surface area (Å²) in [6.45, 7) is 0. The zero-order valence-corrected chi connectivity index (χ0v) is 14.8. The summed E-state index contributed by atoms with van der Waals surface area (Å²) < 4.78 is 5.09. The van der Waals surface area contributed by atoms with E-state index in [1.54, 1.807) is 0 Å². The Morgan fingerprint density at radius 2 is 1.70 bits per heavy atom. The Labute approximate surface area is 147 Å². The van der Waals surface area contributed by atoms with Crippen LogP contribution in [0.2, 0.25) is 0 Å². The molecule has 0 fully saturated rings. The first-order chi connectivity index (χ1) is 11.3. The Morgan fingerprint density at radius 3 is 2.30 bits per heavy atom. The van der Waals surface area contributed by atoms with Gasteiger partial charge in [-0.1, -0.05) is 84.2 Å². The van der Waals surface area contributed by atoms with Gasteiger partial charge in [-0.25, -0.2) is 4.98 Å². The first kappa shape index (κ1) is 16.2. The Bertz CT molecular complexity index is 775. The van der Waals surface area contributed by atoms with Gasteiger partial charge in [0.25, 0.3) is 0 Å². The molecule has 0 amide bonds. The van der Waals surface area contributed by atoms with Crippen LogP contribution in [-0.2, 0) is 0 Å². The lowest BCUT2D eigenvalue weighted by Crippen LogP contribution is -2.09. The fourth-order valence-electron chi connectivity index (χ4n) is 2.08. The van der Waals surface area contributed by atoms with Crippen LogP contribution in [-0.4, -0.2) is 21.4 Å². The lowest BCUT2D eigenvalue weighted by molar-refractivity contribution is 0.0989. The standard InChI is InChI=1S/C17H14N2OS3/c1-21-16-18-17(23-19-16)22-15(13-10-6-3-7-11-13)14(20)12-8-4-2-5-9-12/h2-11,15H,1H3/t15-/m0/s1. The highest BCUT2D eigenvalue weighted by molar-refractivity contribution is 8.02. The van der Waals surface area contributed by atoms with E-state index in [4.69, 9.17) is 0 Å². The zero-order chi connectivity index (χ0) is 16.1. The molecule has 0 aliphatic rings. The second-order valence-electron chi connectivity index (χ2n) is 4.69. The van der Waals surface area contributed by atoms with Crippen molar-refractivity contribution in [3.8, 4) is 0 Å². The fraction of sp³-hybridized carbons (Fsp3) is 0.118. The van der Waals surface area contributed by atoms with Gasteiger partial charge in [-0.2, -0.15) is 4.37 Å². The summed E-state index contributed by atoms with van der Waals surface area (Å²) in [4.78, 5) is 17.4. The molecule has 2 aromatic carbocycles.